The van der Waals surface area contributed by atoms with E-state index in [0.29, 0.717) is 0 Å². The predicted octanol–water partition coefficient (Wildman–Crippen LogP) is 5.16. The highest BCUT2D eigenvalue weighted by molar-refractivity contribution is 7.98. The normalized spacial score (nSPS) is 12.4. The third kappa shape index (κ3) is 4.54. The Morgan fingerprint density at radius 2 is 1.74 bits per heavy atom. The van der Waals surface area contributed by atoms with Crippen molar-refractivity contribution < 1.29 is 0 Å². The quantitative estimate of drug-likeness (QED) is 0.391. The first-order valence-corrected chi connectivity index (χ1v) is 11.5. The van der Waals surface area contributed by atoms with Gasteiger partial charge in [-0.2, -0.15) is 0 Å². The molecule has 3 heterocycles. The SMILES string of the molecule is CC(C)n1c(SCc2ccccc2)c(C(Cc2ccncc2)c2ccc[nH]2)n(C)c1=O. The lowest BCUT2D eigenvalue weighted by Gasteiger charge is -2.20. The molecule has 0 bridgehead atoms. The molecule has 0 spiro atoms. The zero-order valence-electron chi connectivity index (χ0n) is 18.2. The number of aromatic amines is 1. The molecule has 0 aliphatic heterocycles. The number of hydrogen-bond acceptors (Lipinski definition) is 3. The van der Waals surface area contributed by atoms with Crippen LogP contribution >= 0.6 is 11.8 Å². The van der Waals surface area contributed by atoms with E-state index in [0.717, 1.165) is 28.6 Å². The van der Waals surface area contributed by atoms with Crippen LogP contribution in [0.25, 0.3) is 0 Å². The molecule has 4 rings (SSSR count). The van der Waals surface area contributed by atoms with Gasteiger partial charge >= 0.3 is 5.69 Å². The minimum Gasteiger partial charge on any atom is -0.364 e. The van der Waals surface area contributed by atoms with E-state index in [1.54, 1.807) is 11.8 Å². The van der Waals surface area contributed by atoms with E-state index >= 15 is 0 Å². The molecule has 0 saturated heterocycles. The van der Waals surface area contributed by atoms with Gasteiger partial charge in [-0.15, -0.1) is 11.8 Å². The molecule has 1 aromatic carbocycles. The summed E-state index contributed by atoms with van der Waals surface area (Å²) in [4.78, 5) is 20.8. The molecule has 0 amide bonds. The minimum absolute atomic E-state index is 0.0341. The van der Waals surface area contributed by atoms with Crippen molar-refractivity contribution >= 4 is 11.8 Å². The number of thioether (sulfide) groups is 1. The number of imidazole rings is 1. The van der Waals surface area contributed by atoms with E-state index in [1.807, 2.05) is 59.0 Å². The van der Waals surface area contributed by atoms with Gasteiger partial charge in [0, 0.05) is 49.0 Å². The van der Waals surface area contributed by atoms with Gasteiger partial charge in [-0.05, 0) is 55.7 Å². The summed E-state index contributed by atoms with van der Waals surface area (Å²) in [6.07, 6.45) is 6.38. The number of nitrogens with zero attached hydrogens (tertiary/aromatic N) is 3. The summed E-state index contributed by atoms with van der Waals surface area (Å²) >= 11 is 1.74. The molecule has 0 aliphatic rings. The largest absolute Gasteiger partial charge is 0.364 e. The molecule has 1 unspecified atom stereocenters. The zero-order chi connectivity index (χ0) is 21.8. The standard InChI is InChI=1S/C25H28N4OS/c1-18(2)29-24(31-17-20-8-5-4-6-9-20)23(28(3)25(29)30)21(22-10-7-13-27-22)16-19-11-14-26-15-12-19/h4-15,18,21,27H,16-17H2,1-3H3. The molecule has 0 aliphatic carbocycles. The first kappa shape index (κ1) is 21.2. The van der Waals surface area contributed by atoms with Crippen LogP contribution in [-0.2, 0) is 19.2 Å². The Hall–Kier alpha value is -2.99. The number of nitrogens with one attached hydrogen (secondary N) is 1. The van der Waals surface area contributed by atoms with E-state index in [2.05, 4.69) is 54.1 Å². The molecule has 1 N–H and O–H groups in total. The fraction of sp³-hybridized carbons (Fsp3) is 0.280. The second-order valence-electron chi connectivity index (χ2n) is 8.01. The highest BCUT2D eigenvalue weighted by Gasteiger charge is 2.28. The van der Waals surface area contributed by atoms with E-state index in [9.17, 15) is 4.79 Å². The predicted molar refractivity (Wildman–Crippen MR) is 127 cm³/mol. The second kappa shape index (κ2) is 9.43. The first-order valence-electron chi connectivity index (χ1n) is 10.6. The molecule has 5 nitrogen and oxygen atoms in total. The van der Waals surface area contributed by atoms with E-state index in [4.69, 9.17) is 0 Å². The zero-order valence-corrected chi connectivity index (χ0v) is 19.0. The van der Waals surface area contributed by atoms with Crippen molar-refractivity contribution in [1.29, 1.82) is 0 Å². The van der Waals surface area contributed by atoms with Crippen molar-refractivity contribution in [3.63, 3.8) is 0 Å². The maximum absolute atomic E-state index is 13.3. The molecule has 0 saturated carbocycles. The topological polar surface area (TPSA) is 55.6 Å². The third-order valence-electron chi connectivity index (χ3n) is 5.54. The third-order valence-corrected chi connectivity index (χ3v) is 6.70. The van der Waals surface area contributed by atoms with Gasteiger partial charge in [0.05, 0.1) is 5.69 Å². The maximum Gasteiger partial charge on any atom is 0.329 e. The molecule has 1 atom stereocenters. The van der Waals surface area contributed by atoms with E-state index in [1.165, 1.54) is 11.1 Å². The number of aromatic nitrogens is 4. The van der Waals surface area contributed by atoms with Gasteiger partial charge in [-0.3, -0.25) is 14.1 Å². The molecule has 160 valence electrons. The van der Waals surface area contributed by atoms with Crippen LogP contribution in [0, 0.1) is 0 Å². The van der Waals surface area contributed by atoms with Crippen LogP contribution in [0.4, 0.5) is 0 Å². The maximum atomic E-state index is 13.3. The number of pyridine rings is 1. The van der Waals surface area contributed by atoms with Gasteiger partial charge in [-0.1, -0.05) is 30.3 Å². The molecular formula is C25H28N4OS. The Bertz CT molecular complexity index is 1160. The van der Waals surface area contributed by atoms with Crippen LogP contribution in [0.3, 0.4) is 0 Å². The molecule has 4 aromatic rings. The number of rotatable bonds is 8. The smallest absolute Gasteiger partial charge is 0.329 e. The number of H-pyrrole nitrogens is 1. The highest BCUT2D eigenvalue weighted by Crippen LogP contribution is 2.36. The van der Waals surface area contributed by atoms with Gasteiger partial charge in [0.2, 0.25) is 0 Å². The van der Waals surface area contributed by atoms with Crippen LogP contribution in [0.15, 0.2) is 83.0 Å². The minimum atomic E-state index is 0.0341. The summed E-state index contributed by atoms with van der Waals surface area (Å²) in [5.41, 5.74) is 4.63. The van der Waals surface area contributed by atoms with E-state index < -0.39 is 0 Å². The first-order chi connectivity index (χ1) is 15.1. The molecule has 6 heteroatoms. The summed E-state index contributed by atoms with van der Waals surface area (Å²) in [6.45, 7) is 4.15. The van der Waals surface area contributed by atoms with Gasteiger partial charge in [-0.25, -0.2) is 4.79 Å². The monoisotopic (exact) mass is 432 g/mol. The average Bonchev–Trinajstić information content (AvgIpc) is 3.40. The van der Waals surface area contributed by atoms with Crippen LogP contribution in [0.2, 0.25) is 0 Å². The lowest BCUT2D eigenvalue weighted by atomic mass is 9.93. The van der Waals surface area contributed by atoms with Crippen molar-refractivity contribution in [1.82, 2.24) is 19.1 Å². The molecule has 0 fully saturated rings. The summed E-state index contributed by atoms with van der Waals surface area (Å²) < 4.78 is 3.77. The van der Waals surface area contributed by atoms with Crippen molar-refractivity contribution in [3.8, 4) is 0 Å². The van der Waals surface area contributed by atoms with Crippen molar-refractivity contribution in [2.75, 3.05) is 0 Å². The van der Waals surface area contributed by atoms with Crippen molar-refractivity contribution in [2.24, 2.45) is 7.05 Å². The lowest BCUT2D eigenvalue weighted by molar-refractivity contribution is 0.532. The Morgan fingerprint density at radius 1 is 1.00 bits per heavy atom. The Balaban J connectivity index is 1.82. The average molecular weight is 433 g/mol. The summed E-state index contributed by atoms with van der Waals surface area (Å²) in [7, 11) is 1.89. The Kier molecular flexibility index (Phi) is 6.47. The Morgan fingerprint density at radius 3 is 2.39 bits per heavy atom. The molecule has 3 aromatic heterocycles. The van der Waals surface area contributed by atoms with Crippen LogP contribution in [-0.4, -0.2) is 19.1 Å². The fourth-order valence-corrected chi connectivity index (χ4v) is 5.35. The molecule has 31 heavy (non-hydrogen) atoms. The van der Waals surface area contributed by atoms with Gasteiger partial charge in [0.25, 0.3) is 0 Å². The van der Waals surface area contributed by atoms with Crippen molar-refractivity contribution in [2.45, 2.75) is 43.0 Å². The summed E-state index contributed by atoms with van der Waals surface area (Å²) in [5, 5.41) is 1.04. The number of benzene rings is 1. The second-order valence-corrected chi connectivity index (χ2v) is 8.97. The van der Waals surface area contributed by atoms with Crippen LogP contribution < -0.4 is 5.69 Å². The van der Waals surface area contributed by atoms with Crippen LogP contribution in [0.1, 0.15) is 48.3 Å². The van der Waals surface area contributed by atoms with E-state index in [-0.39, 0.29) is 17.6 Å². The highest BCUT2D eigenvalue weighted by atomic mass is 32.2. The van der Waals surface area contributed by atoms with Crippen molar-refractivity contribution in [3.05, 3.63) is 106 Å². The van der Waals surface area contributed by atoms with Gasteiger partial charge in [0.1, 0.15) is 5.03 Å². The van der Waals surface area contributed by atoms with Gasteiger partial charge < -0.3 is 4.98 Å². The number of hydrogen-bond donors (Lipinski definition) is 1. The fourth-order valence-electron chi connectivity index (χ4n) is 4.00. The van der Waals surface area contributed by atoms with Gasteiger partial charge in [0.15, 0.2) is 0 Å². The Labute approximate surface area is 187 Å². The molecular weight excluding hydrogens is 404 g/mol. The lowest BCUT2D eigenvalue weighted by Crippen LogP contribution is -2.25. The summed E-state index contributed by atoms with van der Waals surface area (Å²) in [6, 6.07) is 18.7. The summed E-state index contributed by atoms with van der Waals surface area (Å²) in [5.74, 6) is 0.852. The molecule has 0 radical (unpaired) electrons. The van der Waals surface area contributed by atoms with Crippen LogP contribution in [0.5, 0.6) is 0 Å².